The average Bonchev–Trinajstić information content (AvgIpc) is 2.52. The van der Waals surface area contributed by atoms with Gasteiger partial charge in [0.05, 0.1) is 21.8 Å². The Balaban J connectivity index is 2.20. The highest BCUT2D eigenvalue weighted by Gasteiger charge is 2.35. The fraction of sp³-hybridized carbons (Fsp3) is 0.0625. The SMILES string of the molecule is O=C(O)CSc1cc(O)c2c(c1O)C(=O)c1ccccc1C2=O. The Morgan fingerprint density at radius 3 is 2.13 bits per heavy atom. The first-order chi connectivity index (χ1) is 10.9. The number of hydrogen-bond donors (Lipinski definition) is 3. The normalized spacial score (nSPS) is 12.7. The maximum atomic E-state index is 12.6. The summed E-state index contributed by atoms with van der Waals surface area (Å²) in [5.41, 5.74) is -0.252. The van der Waals surface area contributed by atoms with Crippen molar-refractivity contribution in [1.82, 2.24) is 0 Å². The molecule has 3 N–H and O–H groups in total. The van der Waals surface area contributed by atoms with Crippen LogP contribution in [0.1, 0.15) is 31.8 Å². The number of rotatable bonds is 3. The summed E-state index contributed by atoms with van der Waals surface area (Å²) >= 11 is 0.754. The maximum Gasteiger partial charge on any atom is 0.313 e. The van der Waals surface area contributed by atoms with Gasteiger partial charge in [0, 0.05) is 11.1 Å². The van der Waals surface area contributed by atoms with Crippen LogP contribution in [0.2, 0.25) is 0 Å². The molecule has 0 aromatic heterocycles. The van der Waals surface area contributed by atoms with Crippen LogP contribution in [0, 0.1) is 0 Å². The van der Waals surface area contributed by atoms with Crippen molar-refractivity contribution in [3.63, 3.8) is 0 Å². The van der Waals surface area contributed by atoms with E-state index in [0.29, 0.717) is 0 Å². The molecule has 7 heteroatoms. The summed E-state index contributed by atoms with van der Waals surface area (Å²) in [5, 5.41) is 29.1. The van der Waals surface area contributed by atoms with E-state index in [2.05, 4.69) is 0 Å². The lowest BCUT2D eigenvalue weighted by Gasteiger charge is -2.20. The van der Waals surface area contributed by atoms with Crippen molar-refractivity contribution in [2.75, 3.05) is 5.75 Å². The van der Waals surface area contributed by atoms with Crippen LogP contribution in [-0.2, 0) is 4.79 Å². The number of thioether (sulfide) groups is 1. The summed E-state index contributed by atoms with van der Waals surface area (Å²) < 4.78 is 0. The molecule has 2 aromatic carbocycles. The van der Waals surface area contributed by atoms with E-state index in [-0.39, 0.29) is 32.9 Å². The minimum atomic E-state index is -1.11. The van der Waals surface area contributed by atoms with Crippen molar-refractivity contribution in [1.29, 1.82) is 0 Å². The van der Waals surface area contributed by atoms with Gasteiger partial charge in [0.15, 0.2) is 11.6 Å². The monoisotopic (exact) mass is 330 g/mol. The van der Waals surface area contributed by atoms with Crippen molar-refractivity contribution in [3.8, 4) is 11.5 Å². The fourth-order valence-corrected chi connectivity index (χ4v) is 3.20. The highest BCUT2D eigenvalue weighted by molar-refractivity contribution is 8.00. The average molecular weight is 330 g/mol. The molecule has 6 nitrogen and oxygen atoms in total. The van der Waals surface area contributed by atoms with Gasteiger partial charge in [-0.2, -0.15) is 0 Å². The molecule has 0 fully saturated rings. The largest absolute Gasteiger partial charge is 0.507 e. The molecule has 0 heterocycles. The zero-order valence-electron chi connectivity index (χ0n) is 11.6. The second-order valence-corrected chi connectivity index (χ2v) is 5.90. The Bertz CT molecular complexity index is 871. The summed E-state index contributed by atoms with van der Waals surface area (Å²) in [5.74, 6) is -3.56. The van der Waals surface area contributed by atoms with Gasteiger partial charge in [0.2, 0.25) is 0 Å². The Kier molecular flexibility index (Phi) is 3.57. The highest BCUT2D eigenvalue weighted by atomic mass is 32.2. The van der Waals surface area contributed by atoms with Crippen LogP contribution in [0.4, 0.5) is 0 Å². The number of phenolic OH excluding ortho intramolecular Hbond substituents is 2. The molecule has 2 aromatic rings. The Hall–Kier alpha value is -2.80. The van der Waals surface area contributed by atoms with E-state index >= 15 is 0 Å². The molecule has 1 aliphatic rings. The van der Waals surface area contributed by atoms with Crippen molar-refractivity contribution in [2.45, 2.75) is 4.90 Å². The number of carbonyl (C=O) groups excluding carboxylic acids is 2. The number of fused-ring (bicyclic) bond motifs is 2. The number of carbonyl (C=O) groups is 3. The van der Waals surface area contributed by atoms with Crippen LogP contribution in [0.15, 0.2) is 35.2 Å². The molecule has 0 aliphatic heterocycles. The van der Waals surface area contributed by atoms with E-state index in [0.717, 1.165) is 17.8 Å². The zero-order chi connectivity index (χ0) is 16.7. The number of carboxylic acids is 1. The van der Waals surface area contributed by atoms with Gasteiger partial charge in [0.1, 0.15) is 11.5 Å². The van der Waals surface area contributed by atoms with Gasteiger partial charge < -0.3 is 15.3 Å². The standard InChI is InChI=1S/C16H10O6S/c17-9-5-10(23-6-11(18)19)16(22)13-12(9)14(20)7-3-1-2-4-8(7)15(13)21/h1-5,17,22H,6H2,(H,18,19). The van der Waals surface area contributed by atoms with E-state index in [4.69, 9.17) is 5.11 Å². The van der Waals surface area contributed by atoms with Gasteiger partial charge in [-0.25, -0.2) is 0 Å². The first-order valence-corrected chi connectivity index (χ1v) is 7.52. The summed E-state index contributed by atoms with van der Waals surface area (Å²) in [7, 11) is 0. The molecule has 0 saturated heterocycles. The summed E-state index contributed by atoms with van der Waals surface area (Å²) in [4.78, 5) is 35.7. The second kappa shape index (κ2) is 5.44. The van der Waals surface area contributed by atoms with E-state index in [1.54, 1.807) is 12.1 Å². The van der Waals surface area contributed by atoms with Gasteiger partial charge in [-0.1, -0.05) is 24.3 Å². The molecule has 0 spiro atoms. The number of hydrogen-bond acceptors (Lipinski definition) is 6. The predicted octanol–water partition coefficient (Wildman–Crippen LogP) is 2.05. The first kappa shape index (κ1) is 15.1. The topological polar surface area (TPSA) is 112 Å². The van der Waals surface area contributed by atoms with Gasteiger partial charge in [-0.15, -0.1) is 11.8 Å². The lowest BCUT2D eigenvalue weighted by atomic mass is 9.83. The van der Waals surface area contributed by atoms with Crippen LogP contribution in [0.5, 0.6) is 11.5 Å². The second-order valence-electron chi connectivity index (χ2n) is 4.88. The van der Waals surface area contributed by atoms with Crippen LogP contribution in [-0.4, -0.2) is 38.6 Å². The third-order valence-corrected chi connectivity index (χ3v) is 4.48. The van der Waals surface area contributed by atoms with Crippen molar-refractivity contribution in [2.24, 2.45) is 0 Å². The van der Waals surface area contributed by atoms with Gasteiger partial charge >= 0.3 is 5.97 Å². The lowest BCUT2D eigenvalue weighted by Crippen LogP contribution is -2.21. The molecule has 0 amide bonds. The minimum Gasteiger partial charge on any atom is -0.507 e. The maximum absolute atomic E-state index is 12.6. The van der Waals surface area contributed by atoms with E-state index in [1.807, 2.05) is 0 Å². The summed E-state index contributed by atoms with van der Waals surface area (Å²) in [6.07, 6.45) is 0. The zero-order valence-corrected chi connectivity index (χ0v) is 12.4. The number of benzene rings is 2. The predicted molar refractivity (Wildman–Crippen MR) is 81.4 cm³/mol. The molecule has 1 aliphatic carbocycles. The fourth-order valence-electron chi connectivity index (χ4n) is 2.48. The van der Waals surface area contributed by atoms with E-state index in [1.165, 1.54) is 12.1 Å². The van der Waals surface area contributed by atoms with Crippen LogP contribution < -0.4 is 0 Å². The van der Waals surface area contributed by atoms with Crippen LogP contribution >= 0.6 is 11.8 Å². The molecule has 116 valence electrons. The summed E-state index contributed by atoms with van der Waals surface area (Å²) in [6.45, 7) is 0. The smallest absolute Gasteiger partial charge is 0.313 e. The van der Waals surface area contributed by atoms with Crippen LogP contribution in [0.25, 0.3) is 0 Å². The highest BCUT2D eigenvalue weighted by Crippen LogP contribution is 2.43. The van der Waals surface area contributed by atoms with E-state index < -0.39 is 29.0 Å². The van der Waals surface area contributed by atoms with Crippen molar-refractivity contribution < 1.29 is 29.7 Å². The molecular formula is C16H10O6S. The van der Waals surface area contributed by atoms with Crippen LogP contribution in [0.3, 0.4) is 0 Å². The molecule has 0 saturated carbocycles. The quantitative estimate of drug-likeness (QED) is 0.497. The number of aliphatic carboxylic acids is 1. The minimum absolute atomic E-state index is 0.0316. The molecule has 0 radical (unpaired) electrons. The molecular weight excluding hydrogens is 320 g/mol. The number of ketones is 2. The van der Waals surface area contributed by atoms with Gasteiger partial charge in [-0.3, -0.25) is 14.4 Å². The molecule has 0 bridgehead atoms. The van der Waals surface area contributed by atoms with Gasteiger partial charge in [-0.05, 0) is 6.07 Å². The third kappa shape index (κ3) is 2.35. The lowest BCUT2D eigenvalue weighted by molar-refractivity contribution is -0.133. The number of carboxylic acid groups (broad SMARTS) is 1. The number of phenols is 2. The molecule has 23 heavy (non-hydrogen) atoms. The van der Waals surface area contributed by atoms with Crippen molar-refractivity contribution in [3.05, 3.63) is 52.6 Å². The number of aromatic hydroxyl groups is 2. The third-order valence-electron chi connectivity index (χ3n) is 3.47. The van der Waals surface area contributed by atoms with Crippen molar-refractivity contribution >= 4 is 29.3 Å². The Labute approximate surface area is 134 Å². The van der Waals surface area contributed by atoms with E-state index in [9.17, 15) is 24.6 Å². The first-order valence-electron chi connectivity index (χ1n) is 6.53. The molecule has 3 rings (SSSR count). The molecule has 0 unspecified atom stereocenters. The molecule has 0 atom stereocenters. The van der Waals surface area contributed by atoms with Gasteiger partial charge in [0.25, 0.3) is 0 Å². The summed E-state index contributed by atoms with van der Waals surface area (Å²) in [6, 6.07) is 7.23. The Morgan fingerprint density at radius 2 is 1.57 bits per heavy atom. The Morgan fingerprint density at radius 1 is 1.00 bits per heavy atom.